The molecule has 0 N–H and O–H groups in total. The van der Waals surface area contributed by atoms with Crippen LogP contribution in [0.4, 0.5) is 4.39 Å². The van der Waals surface area contributed by atoms with E-state index in [1.54, 1.807) is 37.4 Å². The predicted octanol–water partition coefficient (Wildman–Crippen LogP) is 4.29. The normalized spacial score (nSPS) is 10.7. The summed E-state index contributed by atoms with van der Waals surface area (Å²) in [6.45, 7) is 4.25. The molecule has 0 aliphatic carbocycles. The highest BCUT2D eigenvalue weighted by Gasteiger charge is 2.17. The molecule has 6 nitrogen and oxygen atoms in total. The molecule has 0 bridgehead atoms. The molecule has 1 amide bonds. The minimum absolute atomic E-state index is 0.204. The Morgan fingerprint density at radius 1 is 1.17 bits per heavy atom. The summed E-state index contributed by atoms with van der Waals surface area (Å²) >= 11 is 0. The lowest BCUT2D eigenvalue weighted by atomic mass is 10.1. The van der Waals surface area contributed by atoms with Crippen LogP contribution in [0.25, 0.3) is 0 Å². The third-order valence-corrected chi connectivity index (χ3v) is 4.62. The SMILES string of the molecule is COc1cc(C(=O)N(C)Cc2cccc(F)c2)ccc1OCc1c(C)noc1C. The average molecular weight is 398 g/mol. The molecule has 0 aliphatic rings. The molecule has 3 rings (SSSR count). The number of benzene rings is 2. The molecule has 0 fully saturated rings. The topological polar surface area (TPSA) is 64.8 Å². The van der Waals surface area contributed by atoms with Crippen molar-refractivity contribution in [1.82, 2.24) is 10.1 Å². The van der Waals surface area contributed by atoms with E-state index in [-0.39, 0.29) is 18.3 Å². The number of aromatic nitrogens is 1. The van der Waals surface area contributed by atoms with Crippen molar-refractivity contribution in [3.05, 3.63) is 76.4 Å². The van der Waals surface area contributed by atoms with Gasteiger partial charge in [0.05, 0.1) is 18.4 Å². The molecule has 0 radical (unpaired) electrons. The average Bonchev–Trinajstić information content (AvgIpc) is 3.03. The Kier molecular flexibility index (Phi) is 6.16. The second-order valence-electron chi connectivity index (χ2n) is 6.75. The maximum atomic E-state index is 13.4. The Morgan fingerprint density at radius 2 is 1.97 bits per heavy atom. The van der Waals surface area contributed by atoms with E-state index in [1.807, 2.05) is 13.8 Å². The van der Waals surface area contributed by atoms with E-state index >= 15 is 0 Å². The zero-order valence-electron chi connectivity index (χ0n) is 16.9. The van der Waals surface area contributed by atoms with Crippen LogP contribution in [0.5, 0.6) is 11.5 Å². The van der Waals surface area contributed by atoms with Crippen molar-refractivity contribution in [2.75, 3.05) is 14.2 Å². The molecule has 1 aromatic heterocycles. The van der Waals surface area contributed by atoms with Crippen molar-refractivity contribution in [3.63, 3.8) is 0 Å². The van der Waals surface area contributed by atoms with Crippen molar-refractivity contribution in [3.8, 4) is 11.5 Å². The van der Waals surface area contributed by atoms with Crippen molar-refractivity contribution in [2.45, 2.75) is 27.0 Å². The van der Waals surface area contributed by atoms with Gasteiger partial charge in [0.1, 0.15) is 18.2 Å². The second kappa shape index (κ2) is 8.77. The van der Waals surface area contributed by atoms with Gasteiger partial charge < -0.3 is 18.9 Å². The van der Waals surface area contributed by atoms with Gasteiger partial charge in [-0.05, 0) is 49.7 Å². The van der Waals surface area contributed by atoms with Crippen LogP contribution in [0.2, 0.25) is 0 Å². The minimum Gasteiger partial charge on any atom is -0.493 e. The molecule has 0 saturated carbocycles. The number of ether oxygens (including phenoxy) is 2. The Balaban J connectivity index is 1.72. The molecular weight excluding hydrogens is 375 g/mol. The lowest BCUT2D eigenvalue weighted by molar-refractivity contribution is 0.0784. The first-order valence-corrected chi connectivity index (χ1v) is 9.11. The molecule has 0 atom stereocenters. The summed E-state index contributed by atoms with van der Waals surface area (Å²) in [4.78, 5) is 14.3. The Morgan fingerprint density at radius 3 is 2.62 bits per heavy atom. The quantitative estimate of drug-likeness (QED) is 0.594. The highest BCUT2D eigenvalue weighted by molar-refractivity contribution is 5.94. The van der Waals surface area contributed by atoms with Gasteiger partial charge in [0.2, 0.25) is 0 Å². The van der Waals surface area contributed by atoms with Gasteiger partial charge in [0.15, 0.2) is 11.5 Å². The first-order chi connectivity index (χ1) is 13.9. The Labute approximate surface area is 168 Å². The largest absolute Gasteiger partial charge is 0.493 e. The van der Waals surface area contributed by atoms with Crippen LogP contribution in [0.15, 0.2) is 47.0 Å². The number of hydrogen-bond donors (Lipinski definition) is 0. The first-order valence-electron chi connectivity index (χ1n) is 9.11. The van der Waals surface area contributed by atoms with Gasteiger partial charge in [-0.15, -0.1) is 0 Å². The van der Waals surface area contributed by atoms with E-state index < -0.39 is 0 Å². The van der Waals surface area contributed by atoms with Gasteiger partial charge >= 0.3 is 0 Å². The Bertz CT molecular complexity index is 996. The fourth-order valence-corrected chi connectivity index (χ4v) is 2.98. The maximum absolute atomic E-state index is 13.4. The van der Waals surface area contributed by atoms with Crippen LogP contribution in [0.3, 0.4) is 0 Å². The highest BCUT2D eigenvalue weighted by Crippen LogP contribution is 2.30. The zero-order chi connectivity index (χ0) is 21.0. The van der Waals surface area contributed by atoms with Crippen molar-refractivity contribution in [2.24, 2.45) is 0 Å². The third kappa shape index (κ3) is 4.74. The fourth-order valence-electron chi connectivity index (χ4n) is 2.98. The number of hydrogen-bond acceptors (Lipinski definition) is 5. The number of amides is 1. The van der Waals surface area contributed by atoms with Gasteiger partial charge in [-0.2, -0.15) is 0 Å². The number of methoxy groups -OCH3 is 1. The molecule has 0 unspecified atom stereocenters. The summed E-state index contributed by atoms with van der Waals surface area (Å²) in [6.07, 6.45) is 0. The van der Waals surface area contributed by atoms with Crippen LogP contribution in [-0.4, -0.2) is 30.1 Å². The predicted molar refractivity (Wildman–Crippen MR) is 106 cm³/mol. The molecule has 0 spiro atoms. The lowest BCUT2D eigenvalue weighted by Gasteiger charge is -2.18. The van der Waals surface area contributed by atoms with Crippen LogP contribution in [0, 0.1) is 19.7 Å². The Hall–Kier alpha value is -3.35. The van der Waals surface area contributed by atoms with Crippen molar-refractivity contribution in [1.29, 1.82) is 0 Å². The van der Waals surface area contributed by atoms with E-state index in [2.05, 4.69) is 5.16 Å². The monoisotopic (exact) mass is 398 g/mol. The second-order valence-corrected chi connectivity index (χ2v) is 6.75. The molecule has 7 heteroatoms. The molecule has 29 heavy (non-hydrogen) atoms. The molecule has 0 saturated heterocycles. The summed E-state index contributed by atoms with van der Waals surface area (Å²) in [5.74, 6) is 1.13. The van der Waals surface area contributed by atoms with Gasteiger partial charge in [-0.3, -0.25) is 4.79 Å². The van der Waals surface area contributed by atoms with E-state index in [9.17, 15) is 9.18 Å². The lowest BCUT2D eigenvalue weighted by Crippen LogP contribution is -2.26. The molecule has 152 valence electrons. The van der Waals surface area contributed by atoms with Crippen LogP contribution in [0.1, 0.15) is 32.9 Å². The van der Waals surface area contributed by atoms with E-state index in [1.165, 1.54) is 24.1 Å². The number of halogens is 1. The summed E-state index contributed by atoms with van der Waals surface area (Å²) in [6, 6.07) is 11.2. The standard InChI is InChI=1S/C22H23FN2O4/c1-14-19(15(2)29-24-14)13-28-20-9-8-17(11-21(20)27-4)22(26)25(3)12-16-6-5-7-18(23)10-16/h5-11H,12-13H2,1-4H3. The maximum Gasteiger partial charge on any atom is 0.254 e. The summed E-state index contributed by atoms with van der Waals surface area (Å²) in [5.41, 5.74) is 2.81. The van der Waals surface area contributed by atoms with Crippen LogP contribution in [-0.2, 0) is 13.2 Å². The summed E-state index contributed by atoms with van der Waals surface area (Å²) in [7, 11) is 3.18. The molecule has 3 aromatic rings. The van der Waals surface area contributed by atoms with Gasteiger partial charge in [0, 0.05) is 19.2 Å². The first kappa shape index (κ1) is 20.4. The van der Waals surface area contributed by atoms with Gasteiger partial charge in [0.25, 0.3) is 5.91 Å². The number of aryl methyl sites for hydroxylation is 2. The van der Waals surface area contributed by atoms with Gasteiger partial charge in [-0.25, -0.2) is 4.39 Å². The summed E-state index contributed by atoms with van der Waals surface area (Å²) < 4.78 is 29.7. The van der Waals surface area contributed by atoms with Gasteiger partial charge in [-0.1, -0.05) is 17.3 Å². The van der Waals surface area contributed by atoms with E-state index in [4.69, 9.17) is 14.0 Å². The molecular formula is C22H23FN2O4. The molecule has 0 aliphatic heterocycles. The highest BCUT2D eigenvalue weighted by atomic mass is 19.1. The van der Waals surface area contributed by atoms with E-state index in [0.29, 0.717) is 34.9 Å². The molecule has 1 heterocycles. The minimum atomic E-state index is -0.329. The number of nitrogens with zero attached hydrogens (tertiary/aromatic N) is 2. The zero-order valence-corrected chi connectivity index (χ0v) is 16.9. The smallest absolute Gasteiger partial charge is 0.254 e. The van der Waals surface area contributed by atoms with Crippen LogP contribution < -0.4 is 9.47 Å². The molecule has 2 aromatic carbocycles. The van der Waals surface area contributed by atoms with Crippen molar-refractivity contribution < 1.29 is 23.2 Å². The third-order valence-electron chi connectivity index (χ3n) is 4.62. The number of rotatable bonds is 7. The summed E-state index contributed by atoms with van der Waals surface area (Å²) in [5, 5.41) is 3.91. The number of carbonyl (C=O) groups excluding carboxylic acids is 1. The fraction of sp³-hybridized carbons (Fsp3) is 0.273. The van der Waals surface area contributed by atoms with E-state index in [0.717, 1.165) is 11.3 Å². The number of carbonyl (C=O) groups is 1. The van der Waals surface area contributed by atoms with Crippen LogP contribution >= 0.6 is 0 Å². The van der Waals surface area contributed by atoms with Crippen molar-refractivity contribution >= 4 is 5.91 Å².